The summed E-state index contributed by atoms with van der Waals surface area (Å²) in [5, 5.41) is 19.4. The highest BCUT2D eigenvalue weighted by molar-refractivity contribution is 5.90. The van der Waals surface area contributed by atoms with Gasteiger partial charge in [0, 0.05) is 19.2 Å². The number of nitrogens with zero attached hydrogens (tertiary/aromatic N) is 2. The number of nitro benzene ring substituents is 1. The highest BCUT2D eigenvalue weighted by atomic mass is 19.3. The summed E-state index contributed by atoms with van der Waals surface area (Å²) in [6, 6.07) is 1.07. The van der Waals surface area contributed by atoms with E-state index in [0.717, 1.165) is 11.9 Å². The maximum absolute atomic E-state index is 13.4. The Balaban J connectivity index is 3.34. The van der Waals surface area contributed by atoms with Gasteiger partial charge in [0.25, 0.3) is 12.1 Å². The van der Waals surface area contributed by atoms with E-state index in [0.29, 0.717) is 12.1 Å². The second kappa shape index (κ2) is 5.55. The van der Waals surface area contributed by atoms with E-state index in [1.54, 1.807) is 0 Å². The fraction of sp³-hybridized carbons (Fsp3) is 0.300. The van der Waals surface area contributed by atoms with Crippen LogP contribution >= 0.6 is 0 Å². The van der Waals surface area contributed by atoms with E-state index in [-0.39, 0.29) is 0 Å². The van der Waals surface area contributed by atoms with Gasteiger partial charge in [-0.25, -0.2) is 18.0 Å². The van der Waals surface area contributed by atoms with Crippen LogP contribution < -0.4 is 4.90 Å². The van der Waals surface area contributed by atoms with E-state index < -0.39 is 46.6 Å². The van der Waals surface area contributed by atoms with Crippen molar-refractivity contribution in [1.29, 1.82) is 0 Å². The lowest BCUT2D eigenvalue weighted by Gasteiger charge is -2.18. The highest BCUT2D eigenvalue weighted by Crippen LogP contribution is 2.30. The lowest BCUT2D eigenvalue weighted by Crippen LogP contribution is -2.25. The second-order valence-corrected chi connectivity index (χ2v) is 3.65. The van der Waals surface area contributed by atoms with Gasteiger partial charge in [-0.05, 0) is 0 Å². The number of carboxylic acid groups (broad SMARTS) is 1. The zero-order valence-corrected chi connectivity index (χ0v) is 9.64. The molecule has 0 aromatic heterocycles. The molecule has 104 valence electrons. The molecule has 1 N–H and O–H groups in total. The van der Waals surface area contributed by atoms with Crippen LogP contribution in [0.4, 0.5) is 24.5 Å². The van der Waals surface area contributed by atoms with Crippen molar-refractivity contribution in [3.05, 3.63) is 33.6 Å². The van der Waals surface area contributed by atoms with Gasteiger partial charge >= 0.3 is 5.97 Å². The first-order valence-electron chi connectivity index (χ1n) is 4.94. The van der Waals surface area contributed by atoms with Crippen molar-refractivity contribution in [2.24, 2.45) is 0 Å². The molecule has 1 aromatic rings. The monoisotopic (exact) mass is 278 g/mol. The first-order valence-corrected chi connectivity index (χ1v) is 4.94. The van der Waals surface area contributed by atoms with Crippen molar-refractivity contribution < 1.29 is 28.0 Å². The van der Waals surface area contributed by atoms with E-state index in [9.17, 15) is 28.1 Å². The van der Waals surface area contributed by atoms with Gasteiger partial charge in [0.2, 0.25) is 0 Å². The summed E-state index contributed by atoms with van der Waals surface area (Å²) < 4.78 is 37.8. The molecule has 0 radical (unpaired) electrons. The van der Waals surface area contributed by atoms with Crippen molar-refractivity contribution in [1.82, 2.24) is 0 Å². The molecule has 19 heavy (non-hydrogen) atoms. The van der Waals surface area contributed by atoms with Crippen molar-refractivity contribution in [3.8, 4) is 0 Å². The maximum atomic E-state index is 13.4. The molecule has 0 unspecified atom stereocenters. The number of rotatable bonds is 5. The third kappa shape index (κ3) is 3.33. The number of anilines is 1. The molecule has 0 spiro atoms. The predicted octanol–water partition coefficient (Wildman–Crippen LogP) is 2.13. The molecule has 0 saturated carbocycles. The highest BCUT2D eigenvalue weighted by Gasteiger charge is 2.25. The number of halogens is 3. The SMILES string of the molecule is CN(CC(F)F)c1cc(F)c(C(=O)O)cc1[N+](=O)[O-]. The van der Waals surface area contributed by atoms with Gasteiger partial charge in [-0.1, -0.05) is 0 Å². The van der Waals surface area contributed by atoms with Crippen LogP contribution in [0.1, 0.15) is 10.4 Å². The molecule has 0 heterocycles. The number of alkyl halides is 2. The van der Waals surface area contributed by atoms with Crippen molar-refractivity contribution >= 4 is 17.3 Å². The zero-order valence-electron chi connectivity index (χ0n) is 9.64. The smallest absolute Gasteiger partial charge is 0.338 e. The summed E-state index contributed by atoms with van der Waals surface area (Å²) in [7, 11) is 1.12. The molecule has 0 saturated heterocycles. The lowest BCUT2D eigenvalue weighted by molar-refractivity contribution is -0.384. The summed E-state index contributed by atoms with van der Waals surface area (Å²) in [5.41, 5.74) is -2.05. The molecule has 0 fully saturated rings. The van der Waals surface area contributed by atoms with Gasteiger partial charge in [-0.2, -0.15) is 0 Å². The first-order chi connectivity index (χ1) is 8.73. The molecule has 0 aliphatic heterocycles. The van der Waals surface area contributed by atoms with Crippen LogP contribution in [0.15, 0.2) is 12.1 Å². The predicted molar refractivity (Wildman–Crippen MR) is 59.3 cm³/mol. The normalized spacial score (nSPS) is 10.6. The maximum Gasteiger partial charge on any atom is 0.338 e. The lowest BCUT2D eigenvalue weighted by atomic mass is 10.1. The van der Waals surface area contributed by atoms with Crippen LogP contribution in [0, 0.1) is 15.9 Å². The third-order valence-corrected chi connectivity index (χ3v) is 2.31. The summed E-state index contributed by atoms with van der Waals surface area (Å²) in [6.07, 6.45) is -2.77. The number of hydrogen-bond donors (Lipinski definition) is 1. The zero-order chi connectivity index (χ0) is 14.7. The minimum Gasteiger partial charge on any atom is -0.478 e. The number of carbonyl (C=O) groups is 1. The number of nitro groups is 1. The standard InChI is InChI=1S/C10H9F3N2O4/c1-14(4-9(12)13)7-3-6(11)5(10(16)17)2-8(7)15(18)19/h2-3,9H,4H2,1H3,(H,16,17). The van der Waals surface area contributed by atoms with Gasteiger partial charge in [0.1, 0.15) is 17.1 Å². The van der Waals surface area contributed by atoms with E-state index in [4.69, 9.17) is 5.11 Å². The van der Waals surface area contributed by atoms with Crippen LogP contribution in [-0.2, 0) is 0 Å². The minimum absolute atomic E-state index is 0.409. The molecule has 6 nitrogen and oxygen atoms in total. The van der Waals surface area contributed by atoms with Crippen LogP contribution in [0.3, 0.4) is 0 Å². The Bertz CT molecular complexity index is 522. The Labute approximate surface area is 105 Å². The van der Waals surface area contributed by atoms with Crippen LogP contribution in [0.25, 0.3) is 0 Å². The molecule has 1 rings (SSSR count). The first kappa shape index (κ1) is 14.7. The van der Waals surface area contributed by atoms with Gasteiger partial charge < -0.3 is 10.0 Å². The molecule has 0 bridgehead atoms. The number of carboxylic acids is 1. The van der Waals surface area contributed by atoms with Crippen molar-refractivity contribution in [2.75, 3.05) is 18.5 Å². The summed E-state index contributed by atoms with van der Waals surface area (Å²) >= 11 is 0. The second-order valence-electron chi connectivity index (χ2n) is 3.65. The number of hydrogen-bond acceptors (Lipinski definition) is 4. The van der Waals surface area contributed by atoms with E-state index >= 15 is 0 Å². The van der Waals surface area contributed by atoms with Crippen molar-refractivity contribution in [3.63, 3.8) is 0 Å². The third-order valence-electron chi connectivity index (χ3n) is 2.31. The van der Waals surface area contributed by atoms with Crippen LogP contribution in [0.5, 0.6) is 0 Å². The molecule has 0 amide bonds. The molecular formula is C10H9F3N2O4. The number of benzene rings is 1. The van der Waals surface area contributed by atoms with Gasteiger partial charge in [-0.3, -0.25) is 10.1 Å². The van der Waals surface area contributed by atoms with Crippen LogP contribution in [0.2, 0.25) is 0 Å². The van der Waals surface area contributed by atoms with Crippen LogP contribution in [-0.4, -0.2) is 36.0 Å². The number of aromatic carboxylic acids is 1. The Hall–Kier alpha value is -2.32. The molecule has 1 aromatic carbocycles. The Morgan fingerprint density at radius 2 is 2.11 bits per heavy atom. The fourth-order valence-electron chi connectivity index (χ4n) is 1.47. The largest absolute Gasteiger partial charge is 0.478 e. The summed E-state index contributed by atoms with van der Waals surface area (Å²) in [6.45, 7) is -0.841. The average molecular weight is 278 g/mol. The Morgan fingerprint density at radius 1 is 1.53 bits per heavy atom. The van der Waals surface area contributed by atoms with E-state index in [1.165, 1.54) is 0 Å². The molecule has 9 heteroatoms. The summed E-state index contributed by atoms with van der Waals surface area (Å²) in [4.78, 5) is 21.3. The van der Waals surface area contributed by atoms with E-state index in [1.807, 2.05) is 0 Å². The average Bonchev–Trinajstić information content (AvgIpc) is 2.26. The van der Waals surface area contributed by atoms with Gasteiger partial charge in [-0.15, -0.1) is 0 Å². The Morgan fingerprint density at radius 3 is 2.53 bits per heavy atom. The quantitative estimate of drug-likeness (QED) is 0.659. The summed E-state index contributed by atoms with van der Waals surface area (Å²) in [5.74, 6) is -2.90. The molecule has 0 aliphatic carbocycles. The Kier molecular flexibility index (Phi) is 4.30. The molecular weight excluding hydrogens is 269 g/mol. The van der Waals surface area contributed by atoms with Gasteiger partial charge in [0.15, 0.2) is 0 Å². The molecule has 0 aliphatic rings. The molecule has 0 atom stereocenters. The fourth-order valence-corrected chi connectivity index (χ4v) is 1.47. The van der Waals surface area contributed by atoms with E-state index in [2.05, 4.69) is 0 Å². The topological polar surface area (TPSA) is 83.7 Å². The van der Waals surface area contributed by atoms with Crippen molar-refractivity contribution in [2.45, 2.75) is 6.43 Å². The van der Waals surface area contributed by atoms with Gasteiger partial charge in [0.05, 0.1) is 11.5 Å². The minimum atomic E-state index is -2.77.